The molecule has 0 bridgehead atoms. The zero-order valence-corrected chi connectivity index (χ0v) is 8.89. The molecule has 0 aromatic rings. The average molecular weight is 184 g/mol. The van der Waals surface area contributed by atoms with Crippen LogP contribution in [-0.4, -0.2) is 13.1 Å². The van der Waals surface area contributed by atoms with Crippen molar-refractivity contribution >= 4 is 0 Å². The molecule has 1 rings (SSSR count). The summed E-state index contributed by atoms with van der Waals surface area (Å²) >= 11 is 0. The summed E-state index contributed by atoms with van der Waals surface area (Å²) in [6, 6.07) is 0. The Labute approximate surface area is 82.1 Å². The zero-order valence-electron chi connectivity index (χ0n) is 8.89. The number of hydrogen-bond donors (Lipinski definition) is 2. The van der Waals surface area contributed by atoms with Crippen LogP contribution in [0.15, 0.2) is 0 Å². The molecule has 1 aliphatic rings. The maximum atomic E-state index is 5.90. The quantitative estimate of drug-likeness (QED) is 0.701. The van der Waals surface area contributed by atoms with Crippen molar-refractivity contribution < 1.29 is 0 Å². The van der Waals surface area contributed by atoms with Gasteiger partial charge in [0.05, 0.1) is 0 Å². The molecular formula is C11H24N2. The summed E-state index contributed by atoms with van der Waals surface area (Å²) in [6.45, 7) is 3.96. The second kappa shape index (κ2) is 4.97. The Balaban J connectivity index is 2.53. The average Bonchev–Trinajstić information content (AvgIpc) is 2.19. The van der Waals surface area contributed by atoms with Crippen molar-refractivity contribution in [1.82, 2.24) is 0 Å². The molecule has 1 fully saturated rings. The van der Waals surface area contributed by atoms with Crippen molar-refractivity contribution in [3.8, 4) is 0 Å². The fraction of sp³-hybridized carbons (Fsp3) is 1.00. The van der Waals surface area contributed by atoms with Crippen LogP contribution in [0.4, 0.5) is 0 Å². The summed E-state index contributed by atoms with van der Waals surface area (Å²) in [7, 11) is 0. The van der Waals surface area contributed by atoms with Gasteiger partial charge in [-0.15, -0.1) is 0 Å². The normalized spacial score (nSPS) is 34.8. The Hall–Kier alpha value is -0.0800. The standard InChI is InChI=1S/C11H24N2/c1-2-5-11(9-13)6-3-4-10(7-11)8-12/h10H,2-9,12-13H2,1H3. The zero-order chi connectivity index (χ0) is 9.73. The predicted octanol–water partition coefficient (Wildman–Crippen LogP) is 1.88. The number of nitrogens with two attached hydrogens (primary N) is 2. The van der Waals surface area contributed by atoms with Gasteiger partial charge in [0, 0.05) is 0 Å². The van der Waals surface area contributed by atoms with Gasteiger partial charge in [-0.1, -0.05) is 19.8 Å². The fourth-order valence-corrected chi connectivity index (χ4v) is 2.83. The molecule has 2 nitrogen and oxygen atoms in total. The van der Waals surface area contributed by atoms with Crippen molar-refractivity contribution in [2.45, 2.75) is 45.4 Å². The summed E-state index contributed by atoms with van der Waals surface area (Å²) in [6.07, 6.45) is 7.80. The molecule has 0 amide bonds. The molecule has 2 unspecified atom stereocenters. The van der Waals surface area contributed by atoms with Gasteiger partial charge in [-0.25, -0.2) is 0 Å². The Kier molecular flexibility index (Phi) is 4.20. The lowest BCUT2D eigenvalue weighted by molar-refractivity contribution is 0.136. The van der Waals surface area contributed by atoms with E-state index in [0.29, 0.717) is 5.41 Å². The van der Waals surface area contributed by atoms with E-state index >= 15 is 0 Å². The summed E-state index contributed by atoms with van der Waals surface area (Å²) in [5, 5.41) is 0. The Morgan fingerprint density at radius 3 is 2.69 bits per heavy atom. The minimum absolute atomic E-state index is 0.442. The Morgan fingerprint density at radius 1 is 1.38 bits per heavy atom. The minimum atomic E-state index is 0.442. The van der Waals surface area contributed by atoms with Crippen LogP contribution >= 0.6 is 0 Å². The lowest BCUT2D eigenvalue weighted by Crippen LogP contribution is -2.37. The summed E-state index contributed by atoms with van der Waals surface area (Å²) in [5.74, 6) is 0.740. The van der Waals surface area contributed by atoms with Gasteiger partial charge in [-0.05, 0) is 50.1 Å². The van der Waals surface area contributed by atoms with E-state index < -0.39 is 0 Å². The Morgan fingerprint density at radius 2 is 2.15 bits per heavy atom. The first-order chi connectivity index (χ1) is 6.26. The molecule has 1 aliphatic carbocycles. The third-order valence-electron chi connectivity index (χ3n) is 3.59. The van der Waals surface area contributed by atoms with Crippen LogP contribution in [-0.2, 0) is 0 Å². The second-order valence-electron chi connectivity index (χ2n) is 4.65. The SMILES string of the molecule is CCCC1(CN)CCCC(CN)C1. The van der Waals surface area contributed by atoms with E-state index in [-0.39, 0.29) is 0 Å². The predicted molar refractivity (Wildman–Crippen MR) is 57.4 cm³/mol. The number of hydrogen-bond acceptors (Lipinski definition) is 2. The molecule has 78 valence electrons. The van der Waals surface area contributed by atoms with Crippen molar-refractivity contribution in [1.29, 1.82) is 0 Å². The van der Waals surface area contributed by atoms with E-state index in [2.05, 4.69) is 6.92 Å². The van der Waals surface area contributed by atoms with Crippen molar-refractivity contribution in [3.63, 3.8) is 0 Å². The van der Waals surface area contributed by atoms with Gasteiger partial charge in [0.15, 0.2) is 0 Å². The molecule has 13 heavy (non-hydrogen) atoms. The van der Waals surface area contributed by atoms with Crippen LogP contribution in [0.2, 0.25) is 0 Å². The first-order valence-electron chi connectivity index (χ1n) is 5.66. The lowest BCUT2D eigenvalue weighted by atomic mass is 9.67. The molecule has 0 heterocycles. The third-order valence-corrected chi connectivity index (χ3v) is 3.59. The smallest absolute Gasteiger partial charge is 0.00204 e. The highest BCUT2D eigenvalue weighted by molar-refractivity contribution is 4.87. The fourth-order valence-electron chi connectivity index (χ4n) is 2.83. The Bertz CT molecular complexity index is 143. The highest BCUT2D eigenvalue weighted by atomic mass is 14.6. The first kappa shape index (κ1) is 11.0. The molecule has 0 aromatic carbocycles. The van der Waals surface area contributed by atoms with Crippen LogP contribution in [0, 0.1) is 11.3 Å². The highest BCUT2D eigenvalue weighted by Crippen LogP contribution is 2.41. The van der Waals surface area contributed by atoms with Gasteiger partial charge >= 0.3 is 0 Å². The highest BCUT2D eigenvalue weighted by Gasteiger charge is 2.33. The molecule has 2 heteroatoms. The molecule has 1 saturated carbocycles. The topological polar surface area (TPSA) is 52.0 Å². The molecule has 0 aromatic heterocycles. The molecular weight excluding hydrogens is 160 g/mol. The van der Waals surface area contributed by atoms with Crippen LogP contribution in [0.1, 0.15) is 45.4 Å². The van der Waals surface area contributed by atoms with Crippen LogP contribution in [0.5, 0.6) is 0 Å². The number of rotatable bonds is 4. The van der Waals surface area contributed by atoms with E-state index in [4.69, 9.17) is 11.5 Å². The summed E-state index contributed by atoms with van der Waals surface area (Å²) in [4.78, 5) is 0. The van der Waals surface area contributed by atoms with Crippen LogP contribution in [0.3, 0.4) is 0 Å². The van der Waals surface area contributed by atoms with Gasteiger partial charge < -0.3 is 11.5 Å². The lowest BCUT2D eigenvalue weighted by Gasteiger charge is -2.40. The minimum Gasteiger partial charge on any atom is -0.330 e. The maximum Gasteiger partial charge on any atom is -0.00204 e. The first-order valence-corrected chi connectivity index (χ1v) is 5.66. The monoisotopic (exact) mass is 184 g/mol. The third kappa shape index (κ3) is 2.68. The largest absolute Gasteiger partial charge is 0.330 e. The van der Waals surface area contributed by atoms with Gasteiger partial charge in [0.25, 0.3) is 0 Å². The summed E-state index contributed by atoms with van der Waals surface area (Å²) < 4.78 is 0. The second-order valence-corrected chi connectivity index (χ2v) is 4.65. The molecule has 0 radical (unpaired) electrons. The van der Waals surface area contributed by atoms with Crippen LogP contribution < -0.4 is 11.5 Å². The molecule has 0 aliphatic heterocycles. The van der Waals surface area contributed by atoms with E-state index in [9.17, 15) is 0 Å². The van der Waals surface area contributed by atoms with Crippen molar-refractivity contribution in [3.05, 3.63) is 0 Å². The van der Waals surface area contributed by atoms with E-state index in [1.807, 2.05) is 0 Å². The van der Waals surface area contributed by atoms with Gasteiger partial charge in [0.2, 0.25) is 0 Å². The van der Waals surface area contributed by atoms with Crippen LogP contribution in [0.25, 0.3) is 0 Å². The molecule has 0 spiro atoms. The molecule has 2 atom stereocenters. The van der Waals surface area contributed by atoms with E-state index in [0.717, 1.165) is 19.0 Å². The van der Waals surface area contributed by atoms with Gasteiger partial charge in [-0.2, -0.15) is 0 Å². The van der Waals surface area contributed by atoms with Gasteiger partial charge in [0.1, 0.15) is 0 Å². The van der Waals surface area contributed by atoms with E-state index in [1.54, 1.807) is 0 Å². The van der Waals surface area contributed by atoms with Crippen molar-refractivity contribution in [2.24, 2.45) is 22.8 Å². The van der Waals surface area contributed by atoms with Gasteiger partial charge in [-0.3, -0.25) is 0 Å². The van der Waals surface area contributed by atoms with E-state index in [1.165, 1.54) is 38.5 Å². The van der Waals surface area contributed by atoms with Crippen molar-refractivity contribution in [2.75, 3.05) is 13.1 Å². The summed E-state index contributed by atoms with van der Waals surface area (Å²) in [5.41, 5.74) is 12.1. The molecule has 4 N–H and O–H groups in total. The molecule has 0 saturated heterocycles. The maximum absolute atomic E-state index is 5.90.